The van der Waals surface area contributed by atoms with Crippen molar-refractivity contribution in [3.05, 3.63) is 58.1 Å². The molecule has 186 valence electrons. The fourth-order valence-corrected chi connectivity index (χ4v) is 4.41. The van der Waals surface area contributed by atoms with Gasteiger partial charge in [-0.3, -0.25) is 10.1 Å². The van der Waals surface area contributed by atoms with E-state index in [1.165, 1.54) is 18.2 Å². The van der Waals surface area contributed by atoms with Crippen molar-refractivity contribution in [2.45, 2.75) is 24.9 Å². The van der Waals surface area contributed by atoms with Crippen molar-refractivity contribution in [1.82, 2.24) is 9.80 Å². The first-order chi connectivity index (χ1) is 16.1. The number of hydrogen-bond donors (Lipinski definition) is 1. The molecule has 2 aromatic rings. The van der Waals surface area contributed by atoms with Crippen LogP contribution in [0.15, 0.2) is 36.4 Å². The van der Waals surface area contributed by atoms with Crippen molar-refractivity contribution in [2.75, 3.05) is 69.9 Å². The molecular formula is C24H34F2N6O2. The van der Waals surface area contributed by atoms with Gasteiger partial charge in [-0.25, -0.2) is 8.78 Å². The van der Waals surface area contributed by atoms with Crippen LogP contribution in [-0.4, -0.2) is 81.2 Å². The number of nitro benzene ring substituents is 1. The molecule has 10 heteroatoms. The first-order valence-electron chi connectivity index (χ1n) is 11.4. The van der Waals surface area contributed by atoms with Gasteiger partial charge < -0.3 is 25.3 Å². The van der Waals surface area contributed by atoms with Gasteiger partial charge in [0.15, 0.2) is 5.82 Å². The second-order valence-electron chi connectivity index (χ2n) is 9.31. The van der Waals surface area contributed by atoms with Crippen LogP contribution in [0.5, 0.6) is 0 Å². The van der Waals surface area contributed by atoms with Gasteiger partial charge in [0.2, 0.25) is 0 Å². The van der Waals surface area contributed by atoms with Crippen LogP contribution in [0.1, 0.15) is 12.8 Å². The van der Waals surface area contributed by atoms with Crippen LogP contribution in [0.4, 0.5) is 31.5 Å². The van der Waals surface area contributed by atoms with Crippen LogP contribution >= 0.6 is 0 Å². The summed E-state index contributed by atoms with van der Waals surface area (Å²) < 4.78 is 27.5. The first-order valence-corrected chi connectivity index (χ1v) is 11.4. The molecule has 0 spiro atoms. The minimum absolute atomic E-state index is 0.209. The summed E-state index contributed by atoms with van der Waals surface area (Å²) in [6.45, 7) is 3.32. The second-order valence-corrected chi connectivity index (χ2v) is 9.31. The van der Waals surface area contributed by atoms with Gasteiger partial charge in [0.25, 0.3) is 5.69 Å². The number of nitrogens with zero attached hydrogens (tertiary/aromatic N) is 5. The van der Waals surface area contributed by atoms with Gasteiger partial charge in [0, 0.05) is 50.0 Å². The maximum Gasteiger partial charge on any atom is 0.272 e. The summed E-state index contributed by atoms with van der Waals surface area (Å²) in [7, 11) is 8.13. The molecule has 34 heavy (non-hydrogen) atoms. The minimum Gasteiger partial charge on any atom is -0.399 e. The normalized spacial score (nSPS) is 20.1. The summed E-state index contributed by atoms with van der Waals surface area (Å²) in [5.74, 6) is -0.747. The molecule has 0 unspecified atom stereocenters. The fourth-order valence-electron chi connectivity index (χ4n) is 4.41. The summed E-state index contributed by atoms with van der Waals surface area (Å²) >= 11 is 0. The SMILES string of the molecule is CN(C)[C@@H]1CCN(c2ccc(N)cc2F)C1.CN(C)[C@@H]1CCN(c2ccc([N+](=O)[O-])cc2F)C1. The largest absolute Gasteiger partial charge is 0.399 e. The maximum atomic E-state index is 13.8. The van der Waals surface area contributed by atoms with Crippen molar-refractivity contribution in [3.8, 4) is 0 Å². The van der Waals surface area contributed by atoms with Crippen LogP contribution in [0, 0.1) is 21.7 Å². The van der Waals surface area contributed by atoms with Crippen LogP contribution in [-0.2, 0) is 0 Å². The zero-order valence-corrected chi connectivity index (χ0v) is 20.2. The summed E-state index contributed by atoms with van der Waals surface area (Å²) in [6.07, 6.45) is 2.06. The molecule has 2 heterocycles. The van der Waals surface area contributed by atoms with Crippen LogP contribution in [0.25, 0.3) is 0 Å². The zero-order valence-electron chi connectivity index (χ0n) is 20.2. The molecule has 0 aromatic heterocycles. The standard InChI is InChI=1S/C12H16FN3O2.C12H18FN3/c1-14(2)10-5-6-15(8-10)12-4-3-9(16(17)18)7-11(12)13;1-15(2)10-5-6-16(8-10)12-4-3-9(14)7-11(12)13/h3-4,7,10H,5-6,8H2,1-2H3;3-4,7,10H,5-6,8,14H2,1-2H3/t2*10-/m11/s1. The molecular weight excluding hydrogens is 442 g/mol. The lowest BCUT2D eigenvalue weighted by Gasteiger charge is -2.22. The highest BCUT2D eigenvalue weighted by atomic mass is 19.1. The molecule has 2 fully saturated rings. The quantitative estimate of drug-likeness (QED) is 0.402. The maximum absolute atomic E-state index is 13.8. The Hall–Kier alpha value is -2.98. The van der Waals surface area contributed by atoms with Crippen molar-refractivity contribution in [3.63, 3.8) is 0 Å². The van der Waals surface area contributed by atoms with Crippen LogP contribution in [0.3, 0.4) is 0 Å². The van der Waals surface area contributed by atoms with E-state index in [1.54, 1.807) is 12.1 Å². The van der Waals surface area contributed by atoms with Gasteiger partial charge in [-0.15, -0.1) is 0 Å². The summed E-state index contributed by atoms with van der Waals surface area (Å²) in [5.41, 5.74) is 6.92. The number of nitro groups is 1. The predicted octanol–water partition coefficient (Wildman–Crippen LogP) is 3.42. The van der Waals surface area contributed by atoms with Gasteiger partial charge in [-0.1, -0.05) is 0 Å². The smallest absolute Gasteiger partial charge is 0.272 e. The molecule has 0 saturated carbocycles. The summed E-state index contributed by atoms with van der Waals surface area (Å²) in [6, 6.07) is 9.64. The van der Waals surface area contributed by atoms with Crippen molar-refractivity contribution < 1.29 is 13.7 Å². The van der Waals surface area contributed by atoms with Gasteiger partial charge in [0.05, 0.1) is 22.4 Å². The van der Waals surface area contributed by atoms with Gasteiger partial charge in [-0.2, -0.15) is 0 Å². The van der Waals surface area contributed by atoms with E-state index in [1.807, 2.05) is 19.0 Å². The first kappa shape index (κ1) is 25.6. The third-order valence-electron chi connectivity index (χ3n) is 6.58. The van der Waals surface area contributed by atoms with E-state index in [4.69, 9.17) is 5.73 Å². The van der Waals surface area contributed by atoms with E-state index in [2.05, 4.69) is 28.8 Å². The Balaban J connectivity index is 0.000000192. The molecule has 2 aliphatic heterocycles. The molecule has 0 amide bonds. The predicted molar refractivity (Wildman–Crippen MR) is 132 cm³/mol. The molecule has 2 aliphatic rings. The highest BCUT2D eigenvalue weighted by molar-refractivity contribution is 5.55. The number of benzene rings is 2. The van der Waals surface area contributed by atoms with Crippen LogP contribution in [0.2, 0.25) is 0 Å². The van der Waals surface area contributed by atoms with E-state index in [9.17, 15) is 18.9 Å². The Labute approximate surface area is 199 Å². The Morgan fingerprint density at radius 1 is 0.882 bits per heavy atom. The number of likely N-dealkylation sites (N-methyl/N-ethyl adjacent to an activating group) is 2. The molecule has 2 atom stereocenters. The third kappa shape index (κ3) is 6.12. The van der Waals surface area contributed by atoms with Crippen molar-refractivity contribution >= 4 is 22.7 Å². The highest BCUT2D eigenvalue weighted by Gasteiger charge is 2.27. The summed E-state index contributed by atoms with van der Waals surface area (Å²) in [5, 5.41) is 10.5. The van der Waals surface area contributed by atoms with E-state index in [-0.39, 0.29) is 11.5 Å². The van der Waals surface area contributed by atoms with Gasteiger partial charge in [-0.05, 0) is 65.3 Å². The lowest BCUT2D eigenvalue weighted by atomic mass is 10.2. The average Bonchev–Trinajstić information content (AvgIpc) is 3.44. The van der Waals surface area contributed by atoms with E-state index >= 15 is 0 Å². The molecule has 0 aliphatic carbocycles. The van der Waals surface area contributed by atoms with Crippen molar-refractivity contribution in [2.24, 2.45) is 0 Å². The van der Waals surface area contributed by atoms with E-state index in [0.29, 0.717) is 29.1 Å². The Morgan fingerprint density at radius 2 is 1.35 bits per heavy atom. The van der Waals surface area contributed by atoms with E-state index < -0.39 is 10.7 Å². The molecule has 2 N–H and O–H groups in total. The Bertz CT molecular complexity index is 1000. The number of anilines is 3. The molecule has 4 rings (SSSR count). The topological polar surface area (TPSA) is 82.1 Å². The minimum atomic E-state index is -0.584. The average molecular weight is 477 g/mol. The number of halogens is 2. The number of nitrogen functional groups attached to an aromatic ring is 1. The summed E-state index contributed by atoms with van der Waals surface area (Å²) in [4.78, 5) is 18.3. The molecule has 2 saturated heterocycles. The van der Waals surface area contributed by atoms with Gasteiger partial charge in [0.1, 0.15) is 5.82 Å². The van der Waals surface area contributed by atoms with Gasteiger partial charge >= 0.3 is 0 Å². The second kappa shape index (κ2) is 11.0. The number of nitrogens with two attached hydrogens (primary N) is 1. The molecule has 0 radical (unpaired) electrons. The highest BCUT2D eigenvalue weighted by Crippen LogP contribution is 2.28. The lowest BCUT2D eigenvalue weighted by molar-refractivity contribution is -0.385. The number of rotatable bonds is 5. The zero-order chi connectivity index (χ0) is 25.0. The fraction of sp³-hybridized carbons (Fsp3) is 0.500. The Kier molecular flexibility index (Phi) is 8.27. The third-order valence-corrected chi connectivity index (χ3v) is 6.58. The number of hydrogen-bond acceptors (Lipinski definition) is 7. The van der Waals surface area contributed by atoms with Crippen molar-refractivity contribution in [1.29, 1.82) is 0 Å². The lowest BCUT2D eigenvalue weighted by Crippen LogP contribution is -2.31. The monoisotopic (exact) mass is 476 g/mol. The molecule has 0 bridgehead atoms. The Morgan fingerprint density at radius 3 is 1.74 bits per heavy atom. The van der Waals surface area contributed by atoms with E-state index in [0.717, 1.165) is 45.1 Å². The molecule has 2 aromatic carbocycles. The molecule has 8 nitrogen and oxygen atoms in total. The van der Waals surface area contributed by atoms with Crippen LogP contribution < -0.4 is 15.5 Å². The number of non-ortho nitro benzene ring substituents is 1.